The van der Waals surface area contributed by atoms with E-state index in [2.05, 4.69) is 13.8 Å². The van der Waals surface area contributed by atoms with Gasteiger partial charge in [0.1, 0.15) is 18.0 Å². The second-order valence-electron chi connectivity index (χ2n) is 8.97. The number of hydrogen-bond acceptors (Lipinski definition) is 2. The lowest BCUT2D eigenvalue weighted by molar-refractivity contribution is 0.102. The molecule has 0 bridgehead atoms. The fourth-order valence-electron chi connectivity index (χ4n) is 3.87. The van der Waals surface area contributed by atoms with Crippen LogP contribution >= 0.6 is 0 Å². The highest BCUT2D eigenvalue weighted by Gasteiger charge is 2.19. The van der Waals surface area contributed by atoms with Gasteiger partial charge in [-0.15, -0.1) is 0 Å². The van der Waals surface area contributed by atoms with Gasteiger partial charge in [-0.05, 0) is 55.2 Å². The summed E-state index contributed by atoms with van der Waals surface area (Å²) in [5, 5.41) is 0. The Morgan fingerprint density at radius 1 is 0.758 bits per heavy atom. The number of unbranched alkanes of at least 4 members (excludes halogenated alkanes) is 8. The first-order valence-electron chi connectivity index (χ1n) is 12.9. The Morgan fingerprint density at radius 2 is 1.36 bits per heavy atom. The maximum Gasteiger partial charge on any atom is 0.165 e. The van der Waals surface area contributed by atoms with Gasteiger partial charge in [0.2, 0.25) is 0 Å². The SMILES string of the molecule is CCCCCCCCOc1ccc(-c2ccc(O[C@@H](C)[C@@H](F)CCCCCC)c(F)c2)cc1. The minimum Gasteiger partial charge on any atom is -0.494 e. The van der Waals surface area contributed by atoms with Gasteiger partial charge in [-0.2, -0.15) is 0 Å². The lowest BCUT2D eigenvalue weighted by atomic mass is 10.0. The number of benzene rings is 2. The van der Waals surface area contributed by atoms with Crippen LogP contribution in [0.15, 0.2) is 42.5 Å². The number of alkyl halides is 1. The van der Waals surface area contributed by atoms with Crippen molar-refractivity contribution >= 4 is 0 Å². The molecule has 33 heavy (non-hydrogen) atoms. The van der Waals surface area contributed by atoms with Crippen LogP contribution in [0.2, 0.25) is 0 Å². The molecule has 2 rings (SSSR count). The molecule has 184 valence electrons. The summed E-state index contributed by atoms with van der Waals surface area (Å²) in [6.45, 7) is 6.74. The van der Waals surface area contributed by atoms with E-state index >= 15 is 0 Å². The molecule has 0 N–H and O–H groups in total. The molecule has 0 aliphatic rings. The second kappa shape index (κ2) is 15.7. The van der Waals surface area contributed by atoms with E-state index in [-0.39, 0.29) is 5.75 Å². The van der Waals surface area contributed by atoms with Crippen molar-refractivity contribution in [3.05, 3.63) is 48.3 Å². The predicted octanol–water partition coefficient (Wildman–Crippen LogP) is 9.31. The zero-order chi connectivity index (χ0) is 23.9. The number of hydrogen-bond donors (Lipinski definition) is 0. The van der Waals surface area contributed by atoms with E-state index in [1.165, 1.54) is 38.2 Å². The van der Waals surface area contributed by atoms with Crippen molar-refractivity contribution in [1.82, 2.24) is 0 Å². The lowest BCUT2D eigenvalue weighted by Gasteiger charge is -2.19. The Morgan fingerprint density at radius 3 is 2.03 bits per heavy atom. The van der Waals surface area contributed by atoms with Gasteiger partial charge < -0.3 is 9.47 Å². The van der Waals surface area contributed by atoms with Crippen LogP contribution < -0.4 is 9.47 Å². The molecular weight excluding hydrogens is 418 g/mol. The predicted molar refractivity (Wildman–Crippen MR) is 134 cm³/mol. The van der Waals surface area contributed by atoms with Crippen molar-refractivity contribution in [2.24, 2.45) is 0 Å². The molecule has 4 heteroatoms. The van der Waals surface area contributed by atoms with Gasteiger partial charge in [0.25, 0.3) is 0 Å². The van der Waals surface area contributed by atoms with E-state index in [0.29, 0.717) is 6.42 Å². The molecule has 0 aliphatic carbocycles. The zero-order valence-electron chi connectivity index (χ0n) is 20.8. The molecule has 0 fully saturated rings. The Balaban J connectivity index is 1.82. The largest absolute Gasteiger partial charge is 0.494 e. The third kappa shape index (κ3) is 10.1. The van der Waals surface area contributed by atoms with Gasteiger partial charge in [0, 0.05) is 0 Å². The van der Waals surface area contributed by atoms with Crippen molar-refractivity contribution in [1.29, 1.82) is 0 Å². The van der Waals surface area contributed by atoms with E-state index in [9.17, 15) is 8.78 Å². The molecule has 0 heterocycles. The van der Waals surface area contributed by atoms with Crippen LogP contribution in [0, 0.1) is 5.82 Å². The summed E-state index contributed by atoms with van der Waals surface area (Å²) in [6, 6.07) is 12.6. The van der Waals surface area contributed by atoms with Crippen LogP contribution in [0.4, 0.5) is 8.78 Å². The summed E-state index contributed by atoms with van der Waals surface area (Å²) < 4.78 is 40.4. The molecule has 0 saturated carbocycles. The van der Waals surface area contributed by atoms with Gasteiger partial charge in [-0.3, -0.25) is 0 Å². The Hall–Kier alpha value is -2.10. The molecule has 0 aromatic heterocycles. The first-order valence-corrected chi connectivity index (χ1v) is 12.9. The molecule has 0 saturated heterocycles. The minimum atomic E-state index is -1.09. The molecular formula is C29H42F2O2. The number of halogens is 2. The minimum absolute atomic E-state index is 0.0985. The summed E-state index contributed by atoms with van der Waals surface area (Å²) in [5.41, 5.74) is 1.66. The van der Waals surface area contributed by atoms with Gasteiger partial charge >= 0.3 is 0 Å². The van der Waals surface area contributed by atoms with Crippen LogP contribution in [0.1, 0.15) is 91.4 Å². The van der Waals surface area contributed by atoms with Gasteiger partial charge in [-0.25, -0.2) is 8.78 Å². The smallest absolute Gasteiger partial charge is 0.165 e. The maximum absolute atomic E-state index is 14.6. The summed E-state index contributed by atoms with van der Waals surface area (Å²) in [4.78, 5) is 0. The first-order chi connectivity index (χ1) is 16.0. The van der Waals surface area contributed by atoms with Crippen molar-refractivity contribution < 1.29 is 18.3 Å². The average molecular weight is 461 g/mol. The molecule has 2 aromatic rings. The molecule has 0 amide bonds. The number of ether oxygens (including phenoxy) is 2. The van der Waals surface area contributed by atoms with E-state index in [1.807, 2.05) is 30.3 Å². The first kappa shape index (κ1) is 27.1. The zero-order valence-corrected chi connectivity index (χ0v) is 20.8. The van der Waals surface area contributed by atoms with Crippen molar-refractivity contribution in [3.63, 3.8) is 0 Å². The highest BCUT2D eigenvalue weighted by molar-refractivity contribution is 5.65. The number of rotatable bonds is 17. The van der Waals surface area contributed by atoms with Crippen LogP contribution in [-0.2, 0) is 0 Å². The third-order valence-corrected chi connectivity index (χ3v) is 6.04. The molecule has 2 aromatic carbocycles. The van der Waals surface area contributed by atoms with Gasteiger partial charge in [0.05, 0.1) is 6.61 Å². The topological polar surface area (TPSA) is 18.5 Å². The van der Waals surface area contributed by atoms with E-state index < -0.39 is 18.1 Å². The van der Waals surface area contributed by atoms with Crippen LogP contribution in [0.3, 0.4) is 0 Å². The lowest BCUT2D eigenvalue weighted by Crippen LogP contribution is -2.25. The van der Waals surface area contributed by atoms with Crippen LogP contribution in [-0.4, -0.2) is 18.9 Å². The molecule has 0 radical (unpaired) electrons. The molecule has 0 aliphatic heterocycles. The molecule has 0 spiro atoms. The molecule has 0 unspecified atom stereocenters. The standard InChI is InChI=1S/C29H42F2O2/c1-4-6-8-10-11-13-21-32-26-18-15-24(16-19-26)25-17-20-29(28(31)22-25)33-23(3)27(30)14-12-9-7-5-2/h15-20,22-23,27H,4-14,21H2,1-3H3/t23-,27-/m0/s1. The maximum atomic E-state index is 14.6. The van der Waals surface area contributed by atoms with E-state index in [1.54, 1.807) is 13.0 Å². The monoisotopic (exact) mass is 460 g/mol. The summed E-state index contributed by atoms with van der Waals surface area (Å²) in [6.07, 6.45) is 10.2. The Labute approximate surface area is 199 Å². The summed E-state index contributed by atoms with van der Waals surface area (Å²) in [5.74, 6) is 0.455. The normalized spacial score (nSPS) is 13.0. The second-order valence-corrected chi connectivity index (χ2v) is 8.97. The Bertz CT molecular complexity index is 776. The molecule has 2 nitrogen and oxygen atoms in total. The molecule has 2 atom stereocenters. The fraction of sp³-hybridized carbons (Fsp3) is 0.586. The van der Waals surface area contributed by atoms with Gasteiger partial charge in [-0.1, -0.05) is 89.8 Å². The highest BCUT2D eigenvalue weighted by Crippen LogP contribution is 2.28. The van der Waals surface area contributed by atoms with Crippen molar-refractivity contribution in [2.75, 3.05) is 6.61 Å². The third-order valence-electron chi connectivity index (χ3n) is 6.04. The van der Waals surface area contributed by atoms with Gasteiger partial charge in [0.15, 0.2) is 11.6 Å². The van der Waals surface area contributed by atoms with Crippen LogP contribution in [0.25, 0.3) is 11.1 Å². The summed E-state index contributed by atoms with van der Waals surface area (Å²) >= 11 is 0. The Kier molecular flexibility index (Phi) is 12.9. The quantitative estimate of drug-likeness (QED) is 0.219. The fourth-order valence-corrected chi connectivity index (χ4v) is 3.87. The summed E-state index contributed by atoms with van der Waals surface area (Å²) in [7, 11) is 0. The van der Waals surface area contributed by atoms with E-state index in [4.69, 9.17) is 9.47 Å². The van der Waals surface area contributed by atoms with E-state index in [0.717, 1.165) is 55.6 Å². The van der Waals surface area contributed by atoms with Crippen molar-refractivity contribution in [2.45, 2.75) is 104 Å². The van der Waals surface area contributed by atoms with Crippen molar-refractivity contribution in [3.8, 4) is 22.6 Å². The van der Waals surface area contributed by atoms with Crippen LogP contribution in [0.5, 0.6) is 11.5 Å². The highest BCUT2D eigenvalue weighted by atomic mass is 19.1. The average Bonchev–Trinajstić information content (AvgIpc) is 2.82.